The molecule has 192 valence electrons. The van der Waals surface area contributed by atoms with Crippen molar-refractivity contribution in [3.8, 4) is 0 Å². The summed E-state index contributed by atoms with van der Waals surface area (Å²) in [5, 5.41) is 10.2. The summed E-state index contributed by atoms with van der Waals surface area (Å²) in [6, 6.07) is 9.34. The third-order valence-electron chi connectivity index (χ3n) is 4.38. The number of carbonyl (C=O) groups is 1. The molecule has 2 rings (SSSR count). The molecule has 0 aliphatic heterocycles. The molecule has 0 aliphatic carbocycles. The average molecular weight is 592 g/mol. The van der Waals surface area contributed by atoms with E-state index in [2.05, 4.69) is 21.3 Å². The third kappa shape index (κ3) is 7.74. The molecule has 0 fully saturated rings. The maximum atomic E-state index is 13.0. The second-order valence-electron chi connectivity index (χ2n) is 7.10. The van der Waals surface area contributed by atoms with Crippen molar-refractivity contribution in [3.05, 3.63) is 53.6 Å². The number of thiocarbonyl (C=S) groups is 1. The molecule has 0 saturated heterocycles. The summed E-state index contributed by atoms with van der Waals surface area (Å²) in [5.41, 5.74) is -4.24. The lowest BCUT2D eigenvalue weighted by Gasteiger charge is -2.28. The number of anilines is 2. The Labute approximate surface area is 220 Å². The van der Waals surface area contributed by atoms with Crippen LogP contribution in [0.25, 0.3) is 0 Å². The molecule has 2 aromatic rings. The van der Waals surface area contributed by atoms with Crippen molar-refractivity contribution >= 4 is 79.3 Å². The predicted molar refractivity (Wildman–Crippen MR) is 136 cm³/mol. The number of rotatable bonds is 7. The minimum Gasteiger partial charge on any atom is -0.384 e. The van der Waals surface area contributed by atoms with Crippen LogP contribution in [-0.2, 0) is 9.84 Å². The van der Waals surface area contributed by atoms with Gasteiger partial charge < -0.3 is 21.3 Å². The van der Waals surface area contributed by atoms with Crippen molar-refractivity contribution in [1.29, 1.82) is 0 Å². The largest absolute Gasteiger partial charge is 0.501 e. The van der Waals surface area contributed by atoms with Crippen molar-refractivity contribution in [3.63, 3.8) is 0 Å². The summed E-state index contributed by atoms with van der Waals surface area (Å²) >= 11 is 23.1. The number of carbonyl (C=O) groups excluding carboxylic acids is 1. The standard InChI is InChI=1S/C20H20Cl3F3N4O3S2/c1-3-27-14-8-7-13(35(32,33)20(24,25)26)10-15(14)28-18(34)30-17(19(21,22)23)29-16(31)12-6-4-5-11(2)9-12/h4-10,17,27H,3H2,1-2H3,(H,29,31)(H2,28,30,34). The number of hydrogen-bond acceptors (Lipinski definition) is 5. The van der Waals surface area contributed by atoms with Gasteiger partial charge in [-0.25, -0.2) is 8.42 Å². The van der Waals surface area contributed by atoms with E-state index in [1.807, 2.05) is 0 Å². The Morgan fingerprint density at radius 2 is 1.71 bits per heavy atom. The number of hydrogen-bond donors (Lipinski definition) is 4. The topological polar surface area (TPSA) is 99.3 Å². The number of benzene rings is 2. The highest BCUT2D eigenvalue weighted by atomic mass is 35.6. The molecule has 15 heteroatoms. The van der Waals surface area contributed by atoms with Crippen molar-refractivity contribution in [1.82, 2.24) is 10.6 Å². The van der Waals surface area contributed by atoms with Gasteiger partial charge in [0.1, 0.15) is 6.17 Å². The highest BCUT2D eigenvalue weighted by Crippen LogP contribution is 2.34. The van der Waals surface area contributed by atoms with E-state index in [4.69, 9.17) is 47.0 Å². The average Bonchev–Trinajstić information content (AvgIpc) is 2.73. The van der Waals surface area contributed by atoms with Crippen LogP contribution >= 0.6 is 47.0 Å². The number of alkyl halides is 6. The zero-order valence-corrected chi connectivity index (χ0v) is 22.0. The van der Waals surface area contributed by atoms with E-state index in [1.54, 1.807) is 38.1 Å². The molecule has 1 unspecified atom stereocenters. The lowest BCUT2D eigenvalue weighted by atomic mass is 10.1. The van der Waals surface area contributed by atoms with Crippen LogP contribution in [0.2, 0.25) is 0 Å². The zero-order chi connectivity index (χ0) is 26.6. The fourth-order valence-electron chi connectivity index (χ4n) is 2.76. The quantitative estimate of drug-likeness (QED) is 0.201. The third-order valence-corrected chi connectivity index (χ3v) is 6.74. The van der Waals surface area contributed by atoms with Crippen LogP contribution < -0.4 is 21.3 Å². The highest BCUT2D eigenvalue weighted by molar-refractivity contribution is 7.92. The van der Waals surface area contributed by atoms with Crippen molar-refractivity contribution in [2.45, 2.75) is 34.2 Å². The van der Waals surface area contributed by atoms with Gasteiger partial charge in [-0.2, -0.15) is 13.2 Å². The monoisotopic (exact) mass is 590 g/mol. The van der Waals surface area contributed by atoms with Crippen LogP contribution in [0, 0.1) is 6.92 Å². The molecule has 1 amide bonds. The Hall–Kier alpha value is -1.99. The first-order valence-corrected chi connectivity index (χ1v) is 12.8. The first-order chi connectivity index (χ1) is 16.1. The van der Waals surface area contributed by atoms with Gasteiger partial charge in [-0.1, -0.05) is 52.5 Å². The van der Waals surface area contributed by atoms with Gasteiger partial charge in [0.25, 0.3) is 15.7 Å². The number of nitrogens with one attached hydrogen (secondary N) is 4. The van der Waals surface area contributed by atoms with Gasteiger partial charge in [0.15, 0.2) is 5.11 Å². The molecule has 0 radical (unpaired) electrons. The Bertz CT molecular complexity index is 1210. The van der Waals surface area contributed by atoms with Crippen LogP contribution in [0.15, 0.2) is 47.4 Å². The lowest BCUT2D eigenvalue weighted by molar-refractivity contribution is -0.0436. The molecule has 0 aliphatic rings. The van der Waals surface area contributed by atoms with E-state index in [1.165, 1.54) is 0 Å². The second kappa shape index (κ2) is 11.4. The molecule has 2 aromatic carbocycles. The summed E-state index contributed by atoms with van der Waals surface area (Å²) in [7, 11) is -5.61. The molecular weight excluding hydrogens is 572 g/mol. The van der Waals surface area contributed by atoms with Gasteiger partial charge in [0, 0.05) is 12.1 Å². The normalized spacial score (nSPS) is 13.0. The van der Waals surface area contributed by atoms with Crippen LogP contribution in [0.4, 0.5) is 24.5 Å². The number of aryl methyl sites for hydroxylation is 1. The minimum absolute atomic E-state index is 0.0947. The van der Waals surface area contributed by atoms with Gasteiger partial charge >= 0.3 is 5.51 Å². The fourth-order valence-corrected chi connectivity index (χ4v) is 4.10. The van der Waals surface area contributed by atoms with Gasteiger partial charge in [-0.15, -0.1) is 0 Å². The van der Waals surface area contributed by atoms with E-state index in [-0.39, 0.29) is 22.1 Å². The Morgan fingerprint density at radius 3 is 2.26 bits per heavy atom. The van der Waals surface area contributed by atoms with Crippen LogP contribution in [0.1, 0.15) is 22.8 Å². The lowest BCUT2D eigenvalue weighted by Crippen LogP contribution is -2.56. The number of sulfone groups is 1. The Balaban J connectivity index is 2.30. The van der Waals surface area contributed by atoms with Crippen molar-refractivity contribution in [2.24, 2.45) is 0 Å². The SMILES string of the molecule is CCNc1ccc(S(=O)(=O)C(F)(F)F)cc1NC(=S)NC(NC(=O)c1cccc(C)c1)C(Cl)(Cl)Cl. The maximum absolute atomic E-state index is 13.0. The molecule has 35 heavy (non-hydrogen) atoms. The van der Waals surface area contributed by atoms with Crippen molar-refractivity contribution < 1.29 is 26.4 Å². The number of amides is 1. The summed E-state index contributed by atoms with van der Waals surface area (Å²) < 4.78 is 60.6. The molecule has 0 aromatic heterocycles. The van der Waals surface area contributed by atoms with E-state index in [9.17, 15) is 26.4 Å². The van der Waals surface area contributed by atoms with Gasteiger partial charge in [0.2, 0.25) is 3.79 Å². The highest BCUT2D eigenvalue weighted by Gasteiger charge is 2.47. The molecule has 4 N–H and O–H groups in total. The molecule has 0 heterocycles. The minimum atomic E-state index is -5.61. The molecular formula is C20H20Cl3F3N4O3S2. The van der Waals surface area contributed by atoms with Crippen LogP contribution in [-0.4, -0.2) is 41.4 Å². The Kier molecular flexibility index (Phi) is 9.51. The number of halogens is 6. The summed E-state index contributed by atoms with van der Waals surface area (Å²) in [6.45, 7) is 3.87. The molecule has 0 saturated carbocycles. The molecule has 7 nitrogen and oxygen atoms in total. The summed E-state index contributed by atoms with van der Waals surface area (Å²) in [4.78, 5) is 11.6. The molecule has 0 bridgehead atoms. The van der Waals surface area contributed by atoms with Crippen LogP contribution in [0.5, 0.6) is 0 Å². The molecule has 0 spiro atoms. The fraction of sp³-hybridized carbons (Fsp3) is 0.300. The second-order valence-corrected chi connectivity index (χ2v) is 11.8. The van der Waals surface area contributed by atoms with Gasteiger partial charge in [-0.3, -0.25) is 4.79 Å². The first kappa shape index (κ1) is 29.2. The van der Waals surface area contributed by atoms with Gasteiger partial charge in [0.05, 0.1) is 16.3 Å². The maximum Gasteiger partial charge on any atom is 0.501 e. The molecule has 1 atom stereocenters. The van der Waals surface area contributed by atoms with Crippen LogP contribution in [0.3, 0.4) is 0 Å². The van der Waals surface area contributed by atoms with Gasteiger partial charge in [-0.05, 0) is 56.4 Å². The summed E-state index contributed by atoms with van der Waals surface area (Å²) in [5.74, 6) is -0.591. The van der Waals surface area contributed by atoms with Crippen molar-refractivity contribution in [2.75, 3.05) is 17.2 Å². The van der Waals surface area contributed by atoms with E-state index >= 15 is 0 Å². The first-order valence-electron chi connectivity index (χ1n) is 9.77. The summed E-state index contributed by atoms with van der Waals surface area (Å²) in [6.07, 6.45) is -1.37. The van der Waals surface area contributed by atoms with E-state index in [0.717, 1.165) is 23.8 Å². The Morgan fingerprint density at radius 1 is 1.06 bits per heavy atom. The predicted octanol–water partition coefficient (Wildman–Crippen LogP) is 5.13. The zero-order valence-electron chi connectivity index (χ0n) is 18.1. The van der Waals surface area contributed by atoms with E-state index in [0.29, 0.717) is 6.54 Å². The smallest absolute Gasteiger partial charge is 0.384 e. The van der Waals surface area contributed by atoms with E-state index < -0.39 is 36.1 Å².